The maximum Gasteiger partial charge on any atom is 0.335 e. The third-order valence-electron chi connectivity index (χ3n) is 6.29. The molecule has 0 aliphatic carbocycles. The molecule has 3 heterocycles. The number of para-hydroxylation sites is 1. The lowest BCUT2D eigenvalue weighted by Gasteiger charge is -2.26. The standard InChI is InChI=1S/C29H21N3O5/c1-18-14-20(26(19-8-4-2-5-9-19)31(18)21-10-6-3-7-11-21)15-23-27(33)30-29(35)32(28(23)34)22-12-13-24-25(16-22)37-17-36-24/h2-16H,17H2,1H3,(H,30,33,35)/b23-15+. The fraction of sp³-hybridized carbons (Fsp3) is 0.0690. The fourth-order valence-corrected chi connectivity index (χ4v) is 4.65. The molecule has 2 aliphatic rings. The molecular formula is C29H21N3O5. The van der Waals surface area contributed by atoms with Gasteiger partial charge in [0.15, 0.2) is 11.5 Å². The lowest BCUT2D eigenvalue weighted by Crippen LogP contribution is -2.54. The van der Waals surface area contributed by atoms with E-state index in [1.807, 2.05) is 73.7 Å². The van der Waals surface area contributed by atoms with Gasteiger partial charge in [0.1, 0.15) is 5.57 Å². The minimum absolute atomic E-state index is 0.0581. The molecule has 1 aromatic heterocycles. The number of hydrogen-bond acceptors (Lipinski definition) is 5. The number of carbonyl (C=O) groups is 3. The molecule has 0 radical (unpaired) electrons. The van der Waals surface area contributed by atoms with Crippen molar-refractivity contribution in [2.24, 2.45) is 0 Å². The maximum absolute atomic E-state index is 13.6. The molecule has 6 rings (SSSR count). The van der Waals surface area contributed by atoms with Crippen molar-refractivity contribution in [2.45, 2.75) is 6.92 Å². The molecule has 0 saturated carbocycles. The smallest absolute Gasteiger partial charge is 0.335 e. The van der Waals surface area contributed by atoms with Gasteiger partial charge in [0.05, 0.1) is 11.4 Å². The summed E-state index contributed by atoms with van der Waals surface area (Å²) in [6.45, 7) is 2.02. The van der Waals surface area contributed by atoms with Crippen molar-refractivity contribution in [3.05, 3.63) is 102 Å². The zero-order valence-electron chi connectivity index (χ0n) is 19.8. The number of imide groups is 2. The third-order valence-corrected chi connectivity index (χ3v) is 6.29. The van der Waals surface area contributed by atoms with Gasteiger partial charge in [0.25, 0.3) is 11.8 Å². The highest BCUT2D eigenvalue weighted by Gasteiger charge is 2.37. The zero-order valence-corrected chi connectivity index (χ0v) is 19.8. The van der Waals surface area contributed by atoms with Gasteiger partial charge in [-0.25, -0.2) is 9.69 Å². The van der Waals surface area contributed by atoms with Gasteiger partial charge in [-0.2, -0.15) is 0 Å². The lowest BCUT2D eigenvalue weighted by atomic mass is 10.0. The summed E-state index contributed by atoms with van der Waals surface area (Å²) in [6, 6.07) is 25.4. The van der Waals surface area contributed by atoms with Crippen molar-refractivity contribution in [2.75, 3.05) is 11.7 Å². The van der Waals surface area contributed by atoms with Crippen molar-refractivity contribution in [3.63, 3.8) is 0 Å². The van der Waals surface area contributed by atoms with Crippen LogP contribution in [0.5, 0.6) is 11.5 Å². The second-order valence-electron chi connectivity index (χ2n) is 8.62. The Morgan fingerprint density at radius 3 is 2.27 bits per heavy atom. The van der Waals surface area contributed by atoms with Crippen LogP contribution in [0.3, 0.4) is 0 Å². The van der Waals surface area contributed by atoms with E-state index in [-0.39, 0.29) is 18.1 Å². The molecule has 1 N–H and O–H groups in total. The van der Waals surface area contributed by atoms with Crippen LogP contribution in [0.2, 0.25) is 0 Å². The predicted octanol–water partition coefficient (Wildman–Crippen LogP) is 4.85. The van der Waals surface area contributed by atoms with E-state index >= 15 is 0 Å². The molecule has 2 aliphatic heterocycles. The number of rotatable bonds is 4. The number of hydrogen-bond donors (Lipinski definition) is 1. The molecule has 0 spiro atoms. The first-order valence-corrected chi connectivity index (χ1v) is 11.7. The first-order chi connectivity index (χ1) is 18.0. The Labute approximate surface area is 212 Å². The van der Waals surface area contributed by atoms with E-state index in [0.29, 0.717) is 17.1 Å². The molecule has 4 aromatic rings. The van der Waals surface area contributed by atoms with Gasteiger partial charge in [-0.1, -0.05) is 48.5 Å². The molecule has 1 saturated heterocycles. The third kappa shape index (κ3) is 3.84. The first kappa shape index (κ1) is 22.4. The van der Waals surface area contributed by atoms with Gasteiger partial charge < -0.3 is 14.0 Å². The van der Waals surface area contributed by atoms with Crippen LogP contribution in [-0.4, -0.2) is 29.2 Å². The summed E-state index contributed by atoms with van der Waals surface area (Å²) < 4.78 is 12.8. The average Bonchev–Trinajstić information content (AvgIpc) is 3.51. The second kappa shape index (κ2) is 8.83. The topological polar surface area (TPSA) is 89.9 Å². The summed E-state index contributed by atoms with van der Waals surface area (Å²) >= 11 is 0. The molecule has 1 fully saturated rings. The molecule has 8 heteroatoms. The number of aromatic nitrogens is 1. The number of fused-ring (bicyclic) bond motifs is 1. The fourth-order valence-electron chi connectivity index (χ4n) is 4.65. The van der Waals surface area contributed by atoms with E-state index < -0.39 is 17.8 Å². The Kier molecular flexibility index (Phi) is 5.34. The summed E-state index contributed by atoms with van der Waals surface area (Å²) in [5, 5.41) is 2.29. The average molecular weight is 492 g/mol. The molecule has 3 aromatic carbocycles. The number of benzene rings is 3. The molecule has 182 valence electrons. The van der Waals surface area contributed by atoms with Crippen LogP contribution in [0, 0.1) is 6.92 Å². The molecule has 0 atom stereocenters. The first-order valence-electron chi connectivity index (χ1n) is 11.7. The summed E-state index contributed by atoms with van der Waals surface area (Å²) in [5.74, 6) is -0.541. The lowest BCUT2D eigenvalue weighted by molar-refractivity contribution is -0.122. The van der Waals surface area contributed by atoms with Gasteiger partial charge in [-0.3, -0.25) is 14.9 Å². The zero-order chi connectivity index (χ0) is 25.5. The van der Waals surface area contributed by atoms with Gasteiger partial charge in [-0.05, 0) is 48.9 Å². The van der Waals surface area contributed by atoms with Crippen LogP contribution >= 0.6 is 0 Å². The van der Waals surface area contributed by atoms with Crippen molar-refractivity contribution in [1.82, 2.24) is 9.88 Å². The van der Waals surface area contributed by atoms with E-state index in [1.54, 1.807) is 24.3 Å². The van der Waals surface area contributed by atoms with Crippen molar-refractivity contribution in [1.29, 1.82) is 0 Å². The van der Waals surface area contributed by atoms with Crippen molar-refractivity contribution < 1.29 is 23.9 Å². The van der Waals surface area contributed by atoms with Crippen LogP contribution < -0.4 is 19.7 Å². The van der Waals surface area contributed by atoms with Gasteiger partial charge in [-0.15, -0.1) is 0 Å². The van der Waals surface area contributed by atoms with Crippen LogP contribution in [0.15, 0.2) is 90.5 Å². The summed E-state index contributed by atoms with van der Waals surface area (Å²) in [7, 11) is 0. The number of aryl methyl sites for hydroxylation is 1. The minimum Gasteiger partial charge on any atom is -0.454 e. The molecular weight excluding hydrogens is 470 g/mol. The van der Waals surface area contributed by atoms with Gasteiger partial charge in [0.2, 0.25) is 6.79 Å². The Morgan fingerprint density at radius 2 is 1.51 bits per heavy atom. The number of barbiturate groups is 1. The highest BCUT2D eigenvalue weighted by Crippen LogP contribution is 2.37. The Hall–Kier alpha value is -5.11. The number of amides is 4. The number of urea groups is 1. The second-order valence-corrected chi connectivity index (χ2v) is 8.62. The summed E-state index contributed by atoms with van der Waals surface area (Å²) in [5.41, 5.74) is 4.39. The Balaban J connectivity index is 1.48. The number of nitrogens with zero attached hydrogens (tertiary/aromatic N) is 2. The van der Waals surface area contributed by atoms with Crippen LogP contribution in [0.1, 0.15) is 11.3 Å². The number of nitrogens with one attached hydrogen (secondary N) is 1. The monoisotopic (exact) mass is 491 g/mol. The minimum atomic E-state index is -0.827. The number of ether oxygens (including phenoxy) is 2. The molecule has 4 amide bonds. The van der Waals surface area contributed by atoms with E-state index in [1.165, 1.54) is 0 Å². The van der Waals surface area contributed by atoms with Crippen LogP contribution in [0.4, 0.5) is 10.5 Å². The van der Waals surface area contributed by atoms with Gasteiger partial charge in [0, 0.05) is 23.0 Å². The molecule has 0 unspecified atom stereocenters. The number of anilines is 1. The highest BCUT2D eigenvalue weighted by atomic mass is 16.7. The predicted molar refractivity (Wildman–Crippen MR) is 138 cm³/mol. The molecule has 37 heavy (non-hydrogen) atoms. The normalized spacial score (nSPS) is 15.9. The van der Waals surface area contributed by atoms with Crippen molar-refractivity contribution in [3.8, 4) is 28.4 Å². The Morgan fingerprint density at radius 1 is 0.811 bits per heavy atom. The molecule has 0 bridgehead atoms. The van der Waals surface area contributed by atoms with Gasteiger partial charge >= 0.3 is 6.03 Å². The van der Waals surface area contributed by atoms with Crippen LogP contribution in [-0.2, 0) is 9.59 Å². The van der Waals surface area contributed by atoms with E-state index in [2.05, 4.69) is 9.88 Å². The van der Waals surface area contributed by atoms with Crippen molar-refractivity contribution >= 4 is 29.6 Å². The van der Waals surface area contributed by atoms with E-state index in [4.69, 9.17) is 9.47 Å². The Bertz CT molecular complexity index is 1590. The van der Waals surface area contributed by atoms with E-state index in [0.717, 1.165) is 27.5 Å². The molecule has 8 nitrogen and oxygen atoms in total. The SMILES string of the molecule is Cc1cc(/C=C2\C(=O)NC(=O)N(c3ccc4c(c3)OCO4)C2=O)c(-c2ccccc2)n1-c1ccccc1. The largest absolute Gasteiger partial charge is 0.454 e. The van der Waals surface area contributed by atoms with E-state index in [9.17, 15) is 14.4 Å². The number of carbonyl (C=O) groups excluding carboxylic acids is 3. The summed E-state index contributed by atoms with van der Waals surface area (Å²) in [6.07, 6.45) is 1.54. The highest BCUT2D eigenvalue weighted by molar-refractivity contribution is 6.39. The maximum atomic E-state index is 13.6. The quantitative estimate of drug-likeness (QED) is 0.326. The summed E-state index contributed by atoms with van der Waals surface area (Å²) in [4.78, 5) is 40.1. The van der Waals surface area contributed by atoms with Crippen LogP contribution in [0.25, 0.3) is 23.0 Å².